The van der Waals surface area contributed by atoms with Gasteiger partial charge in [0.1, 0.15) is 0 Å². The Balaban J connectivity index is 2.64. The van der Waals surface area contributed by atoms with Gasteiger partial charge in [0, 0.05) is 6.54 Å². The molecule has 4 nitrogen and oxygen atoms in total. The van der Waals surface area contributed by atoms with Crippen molar-refractivity contribution < 1.29 is 13.5 Å². The number of aliphatic hydroxyl groups is 1. The largest absolute Gasteiger partial charge is 0.391 e. The van der Waals surface area contributed by atoms with Crippen molar-refractivity contribution in [2.45, 2.75) is 11.4 Å². The number of sulfone groups is 1. The zero-order valence-electron chi connectivity index (χ0n) is 7.97. The second kappa shape index (κ2) is 3.44. The number of hydrogen-bond donors (Lipinski definition) is 2. The molecule has 3 N–H and O–H groups in total. The Morgan fingerprint density at radius 3 is 2.67 bits per heavy atom. The molecule has 5 heteroatoms. The van der Waals surface area contributed by atoms with Crippen molar-refractivity contribution in [1.29, 1.82) is 0 Å². The van der Waals surface area contributed by atoms with E-state index in [-0.39, 0.29) is 9.80 Å². The van der Waals surface area contributed by atoms with Crippen molar-refractivity contribution in [2.24, 2.45) is 5.73 Å². The maximum Gasteiger partial charge on any atom is 0.205 e. The molecule has 1 aliphatic heterocycles. The standard InChI is InChI=1S/C10H11NO3S/c11-5-7-1-2-8-4-9(6-12)15(13,14)10(8)3-7/h1-4,12H,5-6,11H2. The summed E-state index contributed by atoms with van der Waals surface area (Å²) in [6.45, 7) is -0.160. The first kappa shape index (κ1) is 10.4. The molecule has 1 heterocycles. The summed E-state index contributed by atoms with van der Waals surface area (Å²) in [5, 5.41) is 8.93. The Labute approximate surface area is 88.0 Å². The highest BCUT2D eigenvalue weighted by molar-refractivity contribution is 7.95. The van der Waals surface area contributed by atoms with Crippen LogP contribution in [0.25, 0.3) is 6.08 Å². The maximum atomic E-state index is 11.8. The van der Waals surface area contributed by atoms with E-state index in [9.17, 15) is 8.42 Å². The number of fused-ring (bicyclic) bond motifs is 1. The average Bonchev–Trinajstić information content (AvgIpc) is 2.50. The van der Waals surface area contributed by atoms with E-state index in [4.69, 9.17) is 10.8 Å². The first-order valence-electron chi connectivity index (χ1n) is 4.49. The van der Waals surface area contributed by atoms with Gasteiger partial charge in [0.15, 0.2) is 0 Å². The van der Waals surface area contributed by atoms with Crippen molar-refractivity contribution in [3.05, 3.63) is 34.2 Å². The minimum absolute atomic E-state index is 0.0478. The summed E-state index contributed by atoms with van der Waals surface area (Å²) in [4.78, 5) is 0.293. The fourth-order valence-electron chi connectivity index (χ4n) is 1.58. The summed E-state index contributed by atoms with van der Waals surface area (Å²) >= 11 is 0. The Morgan fingerprint density at radius 2 is 2.07 bits per heavy atom. The van der Waals surface area contributed by atoms with Crippen LogP contribution in [-0.4, -0.2) is 20.1 Å². The Morgan fingerprint density at radius 1 is 1.33 bits per heavy atom. The third kappa shape index (κ3) is 1.49. The summed E-state index contributed by atoms with van der Waals surface area (Å²) in [6.07, 6.45) is 1.49. The van der Waals surface area contributed by atoms with Crippen LogP contribution in [0, 0.1) is 0 Å². The number of aliphatic hydroxyl groups excluding tert-OH is 1. The summed E-state index contributed by atoms with van der Waals surface area (Å²) in [5.74, 6) is 0. The Hall–Kier alpha value is -1.17. The lowest BCUT2D eigenvalue weighted by Crippen LogP contribution is -2.05. The molecule has 1 aromatic rings. The first-order chi connectivity index (χ1) is 7.09. The van der Waals surface area contributed by atoms with Gasteiger partial charge >= 0.3 is 0 Å². The molecular weight excluding hydrogens is 214 g/mol. The lowest BCUT2D eigenvalue weighted by Gasteiger charge is -2.02. The van der Waals surface area contributed by atoms with E-state index in [1.54, 1.807) is 18.2 Å². The SMILES string of the molecule is NCc1ccc2c(c1)S(=O)(=O)C(CO)=C2. The fourth-order valence-corrected chi connectivity index (χ4v) is 3.06. The number of hydrogen-bond acceptors (Lipinski definition) is 4. The van der Waals surface area contributed by atoms with Crippen LogP contribution >= 0.6 is 0 Å². The minimum atomic E-state index is -3.47. The van der Waals surface area contributed by atoms with Gasteiger partial charge in [0.2, 0.25) is 9.84 Å². The molecule has 1 aromatic carbocycles. The maximum absolute atomic E-state index is 11.8. The number of benzene rings is 1. The lowest BCUT2D eigenvalue weighted by atomic mass is 10.1. The van der Waals surface area contributed by atoms with Crippen LogP contribution in [0.4, 0.5) is 0 Å². The molecule has 0 bridgehead atoms. The molecule has 0 aromatic heterocycles. The molecule has 0 amide bonds. The molecule has 2 rings (SSSR count). The summed E-state index contributed by atoms with van der Waals surface area (Å²) in [5.41, 5.74) is 6.83. The third-order valence-electron chi connectivity index (χ3n) is 2.42. The topological polar surface area (TPSA) is 80.4 Å². The van der Waals surface area contributed by atoms with E-state index in [2.05, 4.69) is 0 Å². The summed E-state index contributed by atoms with van der Waals surface area (Å²) in [7, 11) is -3.47. The molecule has 0 atom stereocenters. The van der Waals surface area contributed by atoms with Gasteiger partial charge in [-0.2, -0.15) is 0 Å². The normalized spacial score (nSPS) is 17.3. The lowest BCUT2D eigenvalue weighted by molar-refractivity contribution is 0.339. The first-order valence-corrected chi connectivity index (χ1v) is 5.97. The molecule has 0 saturated carbocycles. The quantitative estimate of drug-likeness (QED) is 0.757. The molecule has 0 unspecified atom stereocenters. The van der Waals surface area contributed by atoms with E-state index in [0.29, 0.717) is 12.1 Å². The third-order valence-corrected chi connectivity index (χ3v) is 4.29. The predicted octanol–water partition coefficient (Wildman–Crippen LogP) is 0.266. The van der Waals surface area contributed by atoms with Crippen LogP contribution in [0.15, 0.2) is 28.0 Å². The molecular formula is C10H11NO3S. The van der Waals surface area contributed by atoms with Gasteiger partial charge in [-0.25, -0.2) is 8.42 Å². The van der Waals surface area contributed by atoms with Crippen LogP contribution in [-0.2, 0) is 16.4 Å². The number of nitrogens with two attached hydrogens (primary N) is 1. The predicted molar refractivity (Wildman–Crippen MR) is 56.6 cm³/mol. The van der Waals surface area contributed by atoms with Crippen molar-refractivity contribution >= 4 is 15.9 Å². The second-order valence-electron chi connectivity index (χ2n) is 3.35. The van der Waals surface area contributed by atoms with Crippen LogP contribution in [0.1, 0.15) is 11.1 Å². The fraction of sp³-hybridized carbons (Fsp3) is 0.200. The average molecular weight is 225 g/mol. The van der Waals surface area contributed by atoms with E-state index >= 15 is 0 Å². The summed E-state index contributed by atoms with van der Waals surface area (Å²) in [6, 6.07) is 5.05. The van der Waals surface area contributed by atoms with Gasteiger partial charge < -0.3 is 10.8 Å². The molecule has 0 saturated heterocycles. The Bertz CT molecular complexity index is 532. The van der Waals surface area contributed by atoms with E-state index in [0.717, 1.165) is 5.56 Å². The molecule has 0 aliphatic carbocycles. The van der Waals surface area contributed by atoms with Crippen molar-refractivity contribution in [1.82, 2.24) is 0 Å². The van der Waals surface area contributed by atoms with Gasteiger partial charge in [0.25, 0.3) is 0 Å². The smallest absolute Gasteiger partial charge is 0.205 e. The van der Waals surface area contributed by atoms with Crippen molar-refractivity contribution in [3.8, 4) is 0 Å². The monoisotopic (exact) mass is 225 g/mol. The minimum Gasteiger partial charge on any atom is -0.391 e. The van der Waals surface area contributed by atoms with Crippen LogP contribution in [0.5, 0.6) is 0 Å². The zero-order chi connectivity index (χ0) is 11.1. The summed E-state index contributed by atoms with van der Waals surface area (Å²) < 4.78 is 23.6. The van der Waals surface area contributed by atoms with Crippen molar-refractivity contribution in [2.75, 3.05) is 6.61 Å². The molecule has 1 aliphatic rings. The van der Waals surface area contributed by atoms with Crippen molar-refractivity contribution in [3.63, 3.8) is 0 Å². The molecule has 0 spiro atoms. The molecule has 0 fully saturated rings. The van der Waals surface area contributed by atoms with E-state index in [1.165, 1.54) is 6.08 Å². The number of rotatable bonds is 2. The Kier molecular flexibility index (Phi) is 2.38. The molecule has 0 radical (unpaired) electrons. The van der Waals surface area contributed by atoms with Gasteiger partial charge in [0.05, 0.1) is 16.4 Å². The van der Waals surface area contributed by atoms with Gasteiger partial charge in [-0.3, -0.25) is 0 Å². The highest BCUT2D eigenvalue weighted by Gasteiger charge is 2.28. The zero-order valence-corrected chi connectivity index (χ0v) is 8.79. The highest BCUT2D eigenvalue weighted by Crippen LogP contribution is 2.32. The second-order valence-corrected chi connectivity index (χ2v) is 5.32. The molecule has 80 valence electrons. The highest BCUT2D eigenvalue weighted by atomic mass is 32.2. The van der Waals surface area contributed by atoms with Gasteiger partial charge in [-0.1, -0.05) is 12.1 Å². The van der Waals surface area contributed by atoms with Gasteiger partial charge in [-0.05, 0) is 23.3 Å². The van der Waals surface area contributed by atoms with E-state index in [1.807, 2.05) is 0 Å². The van der Waals surface area contributed by atoms with Crippen LogP contribution in [0.2, 0.25) is 0 Å². The van der Waals surface area contributed by atoms with Crippen LogP contribution < -0.4 is 5.73 Å². The molecule has 15 heavy (non-hydrogen) atoms. The van der Waals surface area contributed by atoms with Crippen LogP contribution in [0.3, 0.4) is 0 Å². The van der Waals surface area contributed by atoms with E-state index < -0.39 is 16.4 Å². The van der Waals surface area contributed by atoms with Gasteiger partial charge in [-0.15, -0.1) is 0 Å².